The van der Waals surface area contributed by atoms with Crippen LogP contribution in [0.1, 0.15) is 63.1 Å². The predicted octanol–water partition coefficient (Wildman–Crippen LogP) is 6.70. The van der Waals surface area contributed by atoms with Crippen molar-refractivity contribution in [2.45, 2.75) is 59.3 Å². The number of halogens is 2. The zero-order chi connectivity index (χ0) is 21.3. The number of thiol groups is 2. The maximum Gasteiger partial charge on any atom is 0.260 e. The SMILES string of the molecule is C=C1c2cc(C)cc(C(C)=N)c2N=C2N1CCC21CCCC1(F)F.CC.SS. The Bertz CT molecular complexity index is 820. The van der Waals surface area contributed by atoms with Crippen molar-refractivity contribution >= 4 is 46.3 Å². The molecule has 1 aromatic rings. The molecule has 0 radical (unpaired) electrons. The van der Waals surface area contributed by atoms with Gasteiger partial charge in [0.15, 0.2) is 0 Å². The molecule has 1 saturated carbocycles. The van der Waals surface area contributed by atoms with Crippen molar-refractivity contribution in [3.63, 3.8) is 0 Å². The molecule has 1 N–H and O–H groups in total. The van der Waals surface area contributed by atoms with E-state index in [2.05, 4.69) is 29.9 Å². The zero-order valence-electron chi connectivity index (χ0n) is 16.9. The molecule has 2 heterocycles. The summed E-state index contributed by atoms with van der Waals surface area (Å²) in [4.78, 5) is 6.59. The minimum atomic E-state index is -2.72. The Kier molecular flexibility index (Phi) is 7.03. The molecule has 4 rings (SSSR count). The van der Waals surface area contributed by atoms with Gasteiger partial charge < -0.3 is 10.3 Å². The van der Waals surface area contributed by atoms with Crippen LogP contribution in [0.2, 0.25) is 0 Å². The van der Waals surface area contributed by atoms with Crippen LogP contribution in [-0.4, -0.2) is 28.9 Å². The molecule has 2 aliphatic heterocycles. The van der Waals surface area contributed by atoms with Crippen LogP contribution in [0.25, 0.3) is 5.70 Å². The Labute approximate surface area is 177 Å². The zero-order valence-corrected chi connectivity index (χ0v) is 18.7. The number of amidine groups is 1. The smallest absolute Gasteiger partial charge is 0.260 e. The molecule has 2 fully saturated rings. The van der Waals surface area contributed by atoms with E-state index in [0.29, 0.717) is 48.6 Å². The molecule has 1 aromatic carbocycles. The molecule has 28 heavy (non-hydrogen) atoms. The number of nitrogens with one attached hydrogen (secondary N) is 1. The molecule has 0 amide bonds. The first-order valence-electron chi connectivity index (χ1n) is 9.61. The average molecular weight is 426 g/mol. The molecule has 1 saturated heterocycles. The fourth-order valence-corrected chi connectivity index (χ4v) is 4.48. The highest BCUT2D eigenvalue weighted by Gasteiger charge is 2.64. The van der Waals surface area contributed by atoms with E-state index >= 15 is 0 Å². The van der Waals surface area contributed by atoms with Crippen LogP contribution in [0.15, 0.2) is 23.7 Å². The molecular weight excluding hydrogens is 396 g/mol. The van der Waals surface area contributed by atoms with E-state index in [1.54, 1.807) is 6.92 Å². The molecular formula is C21H29F2N3S2. The number of nitrogens with zero attached hydrogens (tertiary/aromatic N) is 2. The number of benzene rings is 1. The minimum Gasteiger partial charge on any atom is -0.329 e. The van der Waals surface area contributed by atoms with Gasteiger partial charge in [-0.2, -0.15) is 0 Å². The van der Waals surface area contributed by atoms with E-state index in [9.17, 15) is 8.78 Å². The van der Waals surface area contributed by atoms with Crippen LogP contribution in [0, 0.1) is 17.7 Å². The Morgan fingerprint density at radius 1 is 1.21 bits per heavy atom. The van der Waals surface area contributed by atoms with E-state index in [-0.39, 0.29) is 6.42 Å². The van der Waals surface area contributed by atoms with Crippen molar-refractivity contribution < 1.29 is 8.78 Å². The van der Waals surface area contributed by atoms with Gasteiger partial charge in [-0.1, -0.05) is 20.4 Å². The first-order valence-corrected chi connectivity index (χ1v) is 11.2. The topological polar surface area (TPSA) is 39.5 Å². The first kappa shape index (κ1) is 22.9. The predicted molar refractivity (Wildman–Crippen MR) is 122 cm³/mol. The van der Waals surface area contributed by atoms with Crippen molar-refractivity contribution in [2.75, 3.05) is 6.54 Å². The van der Waals surface area contributed by atoms with E-state index in [4.69, 9.17) is 10.4 Å². The summed E-state index contributed by atoms with van der Waals surface area (Å²) in [6.07, 6.45) is 1.36. The van der Waals surface area contributed by atoms with Gasteiger partial charge in [-0.15, -0.1) is 23.3 Å². The molecule has 154 valence electrons. The lowest BCUT2D eigenvalue weighted by Crippen LogP contribution is -2.44. The fourth-order valence-electron chi connectivity index (χ4n) is 4.48. The highest BCUT2D eigenvalue weighted by Crippen LogP contribution is 2.59. The Morgan fingerprint density at radius 2 is 1.86 bits per heavy atom. The van der Waals surface area contributed by atoms with Crippen LogP contribution in [0.4, 0.5) is 14.5 Å². The summed E-state index contributed by atoms with van der Waals surface area (Å²) >= 11 is 6.44. The molecule has 1 unspecified atom stereocenters. The van der Waals surface area contributed by atoms with Gasteiger partial charge in [-0.05, 0) is 50.8 Å². The Hall–Kier alpha value is -1.34. The second-order valence-corrected chi connectivity index (χ2v) is 7.26. The van der Waals surface area contributed by atoms with Crippen molar-refractivity contribution in [3.05, 3.63) is 35.4 Å². The van der Waals surface area contributed by atoms with Crippen LogP contribution >= 0.6 is 23.3 Å². The van der Waals surface area contributed by atoms with Gasteiger partial charge in [0.05, 0.1) is 11.1 Å². The molecule has 0 bridgehead atoms. The molecule has 0 aromatic heterocycles. The van der Waals surface area contributed by atoms with Crippen molar-refractivity contribution in [1.82, 2.24) is 4.90 Å². The summed E-state index contributed by atoms with van der Waals surface area (Å²) in [7, 11) is 0. The summed E-state index contributed by atoms with van der Waals surface area (Å²) in [6.45, 7) is 12.4. The lowest BCUT2D eigenvalue weighted by Gasteiger charge is -2.36. The molecule has 1 aliphatic carbocycles. The molecule has 1 spiro atoms. The number of alkyl halides is 2. The Morgan fingerprint density at radius 3 is 2.39 bits per heavy atom. The monoisotopic (exact) mass is 425 g/mol. The summed E-state index contributed by atoms with van der Waals surface area (Å²) in [5.74, 6) is -2.25. The van der Waals surface area contributed by atoms with Crippen molar-refractivity contribution in [2.24, 2.45) is 10.4 Å². The second kappa shape index (κ2) is 8.57. The normalized spacial score (nSPS) is 23.8. The number of fused-ring (bicyclic) bond motifs is 3. The summed E-state index contributed by atoms with van der Waals surface area (Å²) in [5.41, 5.74) is 3.20. The minimum absolute atomic E-state index is 0.0659. The summed E-state index contributed by atoms with van der Waals surface area (Å²) in [6, 6.07) is 3.89. The maximum absolute atomic E-state index is 14.7. The van der Waals surface area contributed by atoms with Gasteiger partial charge >= 0.3 is 0 Å². The quantitative estimate of drug-likeness (QED) is 0.262. The van der Waals surface area contributed by atoms with Crippen LogP contribution in [0.5, 0.6) is 0 Å². The number of hydrogen-bond acceptors (Lipinski definition) is 5. The van der Waals surface area contributed by atoms with Gasteiger partial charge in [0.1, 0.15) is 5.84 Å². The van der Waals surface area contributed by atoms with E-state index < -0.39 is 11.3 Å². The number of aryl methyl sites for hydroxylation is 1. The molecule has 3 nitrogen and oxygen atoms in total. The lowest BCUT2D eigenvalue weighted by atomic mass is 9.80. The maximum atomic E-state index is 14.7. The van der Waals surface area contributed by atoms with Crippen LogP contribution in [0.3, 0.4) is 0 Å². The third kappa shape index (κ3) is 3.41. The molecule has 7 heteroatoms. The van der Waals surface area contributed by atoms with Gasteiger partial charge in [0.2, 0.25) is 0 Å². The van der Waals surface area contributed by atoms with Gasteiger partial charge in [0, 0.05) is 35.5 Å². The van der Waals surface area contributed by atoms with Crippen LogP contribution < -0.4 is 0 Å². The number of hydrogen-bond donors (Lipinski definition) is 3. The van der Waals surface area contributed by atoms with E-state index in [1.807, 2.05) is 37.8 Å². The highest BCUT2D eigenvalue weighted by molar-refractivity contribution is 8.59. The highest BCUT2D eigenvalue weighted by atomic mass is 33.1. The van der Waals surface area contributed by atoms with Gasteiger partial charge in [-0.3, -0.25) is 0 Å². The number of aliphatic imine (C=N–C) groups is 1. The van der Waals surface area contributed by atoms with E-state index in [1.165, 1.54) is 0 Å². The first-order chi connectivity index (χ1) is 13.3. The third-order valence-corrected chi connectivity index (χ3v) is 5.75. The fraction of sp³-hybridized carbons (Fsp3) is 0.524. The standard InChI is InChI=1S/C19H21F2N3.C2H6.H2S2/c1-11-9-14(12(2)22)16-15(10-11)13(3)24-8-7-18(17(24)23-16)5-4-6-19(18,20)21;2*1-2/h9-10,22H,3-8H2,1-2H3;1-2H3;1-2H. The molecule has 1 atom stereocenters. The third-order valence-electron chi connectivity index (χ3n) is 5.75. The van der Waals surface area contributed by atoms with Gasteiger partial charge in [-0.25, -0.2) is 13.8 Å². The Balaban J connectivity index is 0.000000660. The van der Waals surface area contributed by atoms with Crippen molar-refractivity contribution in [1.29, 1.82) is 5.41 Å². The van der Waals surface area contributed by atoms with Gasteiger partial charge in [0.25, 0.3) is 5.92 Å². The largest absolute Gasteiger partial charge is 0.329 e. The van der Waals surface area contributed by atoms with E-state index in [0.717, 1.165) is 16.8 Å². The number of rotatable bonds is 1. The van der Waals surface area contributed by atoms with Crippen molar-refractivity contribution in [3.8, 4) is 0 Å². The lowest BCUT2D eigenvalue weighted by molar-refractivity contribution is -0.0628. The average Bonchev–Trinajstić information content (AvgIpc) is 3.20. The summed E-state index contributed by atoms with van der Waals surface area (Å²) < 4.78 is 29.4. The summed E-state index contributed by atoms with van der Waals surface area (Å²) in [5, 5.41) is 8.04. The second-order valence-electron chi connectivity index (χ2n) is 7.26. The van der Waals surface area contributed by atoms with Crippen LogP contribution in [-0.2, 0) is 0 Å². The molecule has 3 aliphatic rings.